The summed E-state index contributed by atoms with van der Waals surface area (Å²) >= 11 is 3.09. The van der Waals surface area contributed by atoms with Crippen molar-refractivity contribution < 1.29 is 4.79 Å². The number of aromatic nitrogens is 1. The molecule has 0 aliphatic carbocycles. The van der Waals surface area contributed by atoms with Crippen LogP contribution in [0.2, 0.25) is 0 Å². The number of nitrogens with zero attached hydrogens (tertiary/aromatic N) is 2. The highest BCUT2D eigenvalue weighted by molar-refractivity contribution is 9.10. The molecule has 1 aromatic heterocycles. The van der Waals surface area contributed by atoms with Gasteiger partial charge in [0.15, 0.2) is 0 Å². The zero-order valence-electron chi connectivity index (χ0n) is 8.44. The van der Waals surface area contributed by atoms with E-state index in [2.05, 4.69) is 21.2 Å². The average molecular weight is 284 g/mol. The molecule has 0 bridgehead atoms. The number of nitriles is 1. The van der Waals surface area contributed by atoms with Gasteiger partial charge in [0.25, 0.3) is 5.56 Å². The molecule has 0 aliphatic heterocycles. The van der Waals surface area contributed by atoms with Gasteiger partial charge in [0.2, 0.25) is 5.91 Å². The lowest BCUT2D eigenvalue weighted by atomic mass is 10.4. The fourth-order valence-corrected chi connectivity index (χ4v) is 1.48. The highest BCUT2D eigenvalue weighted by atomic mass is 79.9. The summed E-state index contributed by atoms with van der Waals surface area (Å²) in [4.78, 5) is 22.9. The Labute approximate surface area is 101 Å². The standard InChI is InChI=1S/C10H10BrN3O2/c11-8-3-1-6-14(10(8)16)7-9(15)13-5-2-4-12/h1,3,6H,2,5,7H2,(H,13,15). The highest BCUT2D eigenvalue weighted by Crippen LogP contribution is 2.00. The second-order valence-corrected chi connectivity index (χ2v) is 3.90. The van der Waals surface area contributed by atoms with E-state index in [1.807, 2.05) is 6.07 Å². The predicted octanol–water partition coefficient (Wildman–Crippen LogP) is 0.641. The van der Waals surface area contributed by atoms with E-state index in [9.17, 15) is 9.59 Å². The second-order valence-electron chi connectivity index (χ2n) is 3.05. The van der Waals surface area contributed by atoms with E-state index in [-0.39, 0.29) is 24.4 Å². The lowest BCUT2D eigenvalue weighted by Gasteiger charge is -2.05. The Hall–Kier alpha value is -1.61. The smallest absolute Gasteiger partial charge is 0.265 e. The predicted molar refractivity (Wildman–Crippen MR) is 61.6 cm³/mol. The number of halogens is 1. The first-order valence-electron chi connectivity index (χ1n) is 4.63. The van der Waals surface area contributed by atoms with Gasteiger partial charge >= 0.3 is 0 Å². The van der Waals surface area contributed by atoms with Gasteiger partial charge in [0.05, 0.1) is 17.0 Å². The van der Waals surface area contributed by atoms with Gasteiger partial charge in [-0.05, 0) is 28.1 Å². The minimum Gasteiger partial charge on any atom is -0.354 e. The Morgan fingerprint density at radius 3 is 3.06 bits per heavy atom. The lowest BCUT2D eigenvalue weighted by molar-refractivity contribution is -0.121. The van der Waals surface area contributed by atoms with Crippen molar-refractivity contribution in [3.05, 3.63) is 33.2 Å². The Balaban J connectivity index is 2.61. The van der Waals surface area contributed by atoms with Crippen LogP contribution in [-0.2, 0) is 11.3 Å². The molecule has 0 radical (unpaired) electrons. The second kappa shape index (κ2) is 6.08. The van der Waals surface area contributed by atoms with Gasteiger partial charge in [0.1, 0.15) is 6.54 Å². The van der Waals surface area contributed by atoms with E-state index in [0.717, 1.165) is 0 Å². The summed E-state index contributed by atoms with van der Waals surface area (Å²) in [6.45, 7) is 0.266. The van der Waals surface area contributed by atoms with Crippen LogP contribution in [0.3, 0.4) is 0 Å². The fraction of sp³-hybridized carbons (Fsp3) is 0.300. The number of hydrogen-bond donors (Lipinski definition) is 1. The Kier molecular flexibility index (Phi) is 4.73. The number of amides is 1. The Morgan fingerprint density at radius 2 is 2.38 bits per heavy atom. The van der Waals surface area contributed by atoms with Crippen LogP contribution in [0.15, 0.2) is 27.6 Å². The van der Waals surface area contributed by atoms with Gasteiger partial charge in [-0.25, -0.2) is 0 Å². The fourth-order valence-electron chi connectivity index (χ4n) is 1.10. The maximum atomic E-state index is 11.5. The summed E-state index contributed by atoms with van der Waals surface area (Å²) in [6.07, 6.45) is 1.80. The van der Waals surface area contributed by atoms with E-state index in [1.54, 1.807) is 12.1 Å². The largest absolute Gasteiger partial charge is 0.354 e. The number of pyridine rings is 1. The van der Waals surface area contributed by atoms with Crippen molar-refractivity contribution in [3.63, 3.8) is 0 Å². The van der Waals surface area contributed by atoms with Crippen LogP contribution < -0.4 is 10.9 Å². The number of hydrogen-bond acceptors (Lipinski definition) is 3. The minimum atomic E-state index is -0.282. The lowest BCUT2D eigenvalue weighted by Crippen LogP contribution is -2.32. The number of rotatable bonds is 4. The van der Waals surface area contributed by atoms with Crippen LogP contribution in [0.4, 0.5) is 0 Å². The first kappa shape index (κ1) is 12.5. The van der Waals surface area contributed by atoms with Gasteiger partial charge in [-0.3, -0.25) is 9.59 Å². The molecule has 1 N–H and O–H groups in total. The summed E-state index contributed by atoms with van der Waals surface area (Å²) in [5.41, 5.74) is -0.252. The van der Waals surface area contributed by atoms with Crippen LogP contribution in [0, 0.1) is 11.3 Å². The molecule has 84 valence electrons. The molecular weight excluding hydrogens is 274 g/mol. The molecule has 16 heavy (non-hydrogen) atoms. The molecule has 0 spiro atoms. The molecule has 1 aromatic rings. The molecule has 6 heteroatoms. The van der Waals surface area contributed by atoms with Crippen LogP contribution in [-0.4, -0.2) is 17.0 Å². The topological polar surface area (TPSA) is 74.9 Å². The number of carbonyl (C=O) groups excluding carboxylic acids is 1. The summed E-state index contributed by atoms with van der Waals surface area (Å²) in [7, 11) is 0. The van der Waals surface area contributed by atoms with E-state index < -0.39 is 0 Å². The summed E-state index contributed by atoms with van der Waals surface area (Å²) in [5.74, 6) is -0.282. The van der Waals surface area contributed by atoms with Gasteiger partial charge in [-0.2, -0.15) is 5.26 Å². The SMILES string of the molecule is N#CCCNC(=O)Cn1cccc(Br)c1=O. The van der Waals surface area contributed by atoms with Gasteiger partial charge in [-0.15, -0.1) is 0 Å². The molecule has 0 saturated heterocycles. The molecule has 0 aliphatic rings. The van der Waals surface area contributed by atoms with E-state index >= 15 is 0 Å². The Bertz CT molecular complexity index is 476. The average Bonchev–Trinajstić information content (AvgIpc) is 2.25. The van der Waals surface area contributed by atoms with Crippen LogP contribution >= 0.6 is 15.9 Å². The van der Waals surface area contributed by atoms with Crippen molar-refractivity contribution in [1.29, 1.82) is 5.26 Å². The molecule has 0 unspecified atom stereocenters. The first-order chi connectivity index (χ1) is 7.65. The molecule has 1 rings (SSSR count). The summed E-state index contributed by atoms with van der Waals surface area (Å²) in [6, 6.07) is 5.21. The maximum absolute atomic E-state index is 11.5. The number of carbonyl (C=O) groups is 1. The minimum absolute atomic E-state index is 0.0380. The summed E-state index contributed by atoms with van der Waals surface area (Å²) in [5, 5.41) is 10.8. The molecule has 0 atom stereocenters. The van der Waals surface area contributed by atoms with Crippen molar-refractivity contribution >= 4 is 21.8 Å². The van der Waals surface area contributed by atoms with Crippen LogP contribution in [0.25, 0.3) is 0 Å². The molecule has 0 aromatic carbocycles. The third-order valence-electron chi connectivity index (χ3n) is 1.85. The molecule has 1 heterocycles. The highest BCUT2D eigenvalue weighted by Gasteiger charge is 2.04. The summed E-state index contributed by atoms with van der Waals surface area (Å²) < 4.78 is 1.71. The van der Waals surface area contributed by atoms with E-state index in [1.165, 1.54) is 10.8 Å². The van der Waals surface area contributed by atoms with Crippen LogP contribution in [0.1, 0.15) is 6.42 Å². The molecule has 0 fully saturated rings. The zero-order chi connectivity index (χ0) is 12.0. The van der Waals surface area contributed by atoms with Gasteiger partial charge < -0.3 is 9.88 Å². The monoisotopic (exact) mass is 283 g/mol. The third-order valence-corrected chi connectivity index (χ3v) is 2.45. The number of nitrogens with one attached hydrogen (secondary N) is 1. The van der Waals surface area contributed by atoms with Crippen molar-refractivity contribution in [2.45, 2.75) is 13.0 Å². The zero-order valence-corrected chi connectivity index (χ0v) is 10.0. The van der Waals surface area contributed by atoms with Crippen molar-refractivity contribution in [2.75, 3.05) is 6.54 Å². The van der Waals surface area contributed by atoms with Crippen molar-refractivity contribution in [1.82, 2.24) is 9.88 Å². The van der Waals surface area contributed by atoms with Gasteiger partial charge in [-0.1, -0.05) is 0 Å². The molecule has 1 amide bonds. The van der Waals surface area contributed by atoms with Crippen molar-refractivity contribution in [2.24, 2.45) is 0 Å². The third kappa shape index (κ3) is 3.51. The Morgan fingerprint density at radius 1 is 1.62 bits per heavy atom. The first-order valence-corrected chi connectivity index (χ1v) is 5.43. The molecule has 0 saturated carbocycles. The van der Waals surface area contributed by atoms with Crippen molar-refractivity contribution in [3.8, 4) is 6.07 Å². The quantitative estimate of drug-likeness (QED) is 0.824. The van der Waals surface area contributed by atoms with Gasteiger partial charge in [0, 0.05) is 12.7 Å². The molecular formula is C10H10BrN3O2. The normalized spacial score (nSPS) is 9.50. The van der Waals surface area contributed by atoms with E-state index in [4.69, 9.17) is 5.26 Å². The van der Waals surface area contributed by atoms with E-state index in [0.29, 0.717) is 11.0 Å². The van der Waals surface area contributed by atoms with Crippen LogP contribution in [0.5, 0.6) is 0 Å². The maximum Gasteiger partial charge on any atom is 0.265 e. The molecule has 5 nitrogen and oxygen atoms in total.